The molecule has 0 amide bonds. The predicted octanol–water partition coefficient (Wildman–Crippen LogP) is 6.54. The molecule has 34 heavy (non-hydrogen) atoms. The molecule has 0 saturated carbocycles. The van der Waals surface area contributed by atoms with E-state index < -0.39 is 11.7 Å². The summed E-state index contributed by atoms with van der Waals surface area (Å²) in [6, 6.07) is 11.8. The number of nitrogens with zero attached hydrogens (tertiary/aromatic N) is 2. The molecule has 0 bridgehead atoms. The highest BCUT2D eigenvalue weighted by atomic mass is 19.4. The van der Waals surface area contributed by atoms with Gasteiger partial charge in [0.05, 0.1) is 25.5 Å². The van der Waals surface area contributed by atoms with Gasteiger partial charge in [0.25, 0.3) is 0 Å². The van der Waals surface area contributed by atoms with Gasteiger partial charge in [0, 0.05) is 36.1 Å². The molecule has 1 fully saturated rings. The number of methoxy groups -OCH3 is 2. The van der Waals surface area contributed by atoms with E-state index in [1.165, 1.54) is 6.07 Å². The van der Waals surface area contributed by atoms with Crippen molar-refractivity contribution in [2.75, 3.05) is 32.2 Å². The average molecular weight is 469 g/mol. The van der Waals surface area contributed by atoms with E-state index in [1.807, 2.05) is 12.1 Å². The lowest BCUT2D eigenvalue weighted by Gasteiger charge is -2.21. The summed E-state index contributed by atoms with van der Waals surface area (Å²) in [5, 5.41) is 0. The average Bonchev–Trinajstić information content (AvgIpc) is 3.54. The molecular formula is C27H27F3N2O2. The number of pyridine rings is 1. The molecule has 0 radical (unpaired) electrons. The van der Waals surface area contributed by atoms with Gasteiger partial charge in [-0.15, -0.1) is 0 Å². The van der Waals surface area contributed by atoms with Gasteiger partial charge in [-0.3, -0.25) is 4.98 Å². The van der Waals surface area contributed by atoms with Crippen LogP contribution >= 0.6 is 0 Å². The van der Waals surface area contributed by atoms with Gasteiger partial charge >= 0.3 is 6.18 Å². The van der Waals surface area contributed by atoms with Crippen molar-refractivity contribution in [1.29, 1.82) is 0 Å². The van der Waals surface area contributed by atoms with Gasteiger partial charge < -0.3 is 14.4 Å². The maximum atomic E-state index is 14.1. The van der Waals surface area contributed by atoms with Gasteiger partial charge in [0.1, 0.15) is 11.5 Å². The number of alkyl halides is 3. The molecule has 1 saturated heterocycles. The quantitative estimate of drug-likeness (QED) is 0.426. The minimum absolute atomic E-state index is 0.128. The number of halogens is 3. The molecule has 0 spiro atoms. The summed E-state index contributed by atoms with van der Waals surface area (Å²) >= 11 is 0. The Kier molecular flexibility index (Phi) is 5.88. The molecule has 3 aromatic rings. The topological polar surface area (TPSA) is 34.6 Å². The Hall–Kier alpha value is -3.22. The van der Waals surface area contributed by atoms with E-state index in [2.05, 4.69) is 4.90 Å². The fourth-order valence-electron chi connectivity index (χ4n) is 5.06. The number of aryl methyl sites for hydroxylation is 1. The van der Waals surface area contributed by atoms with Crippen molar-refractivity contribution < 1.29 is 22.6 Å². The fraction of sp³-hybridized carbons (Fsp3) is 0.370. The molecule has 0 atom stereocenters. The third-order valence-corrected chi connectivity index (χ3v) is 6.77. The van der Waals surface area contributed by atoms with Crippen LogP contribution < -0.4 is 14.4 Å². The summed E-state index contributed by atoms with van der Waals surface area (Å²) in [7, 11) is 3.17. The van der Waals surface area contributed by atoms with Gasteiger partial charge in [0.2, 0.25) is 0 Å². The molecular weight excluding hydrogens is 441 g/mol. The second-order valence-corrected chi connectivity index (χ2v) is 8.86. The van der Waals surface area contributed by atoms with Crippen molar-refractivity contribution in [3.63, 3.8) is 0 Å². The zero-order valence-electron chi connectivity index (χ0n) is 19.3. The Morgan fingerprint density at radius 3 is 2.18 bits per heavy atom. The molecule has 2 heterocycles. The molecule has 1 aromatic heterocycles. The lowest BCUT2D eigenvalue weighted by Crippen LogP contribution is -2.18. The van der Waals surface area contributed by atoms with E-state index in [9.17, 15) is 13.2 Å². The summed E-state index contributed by atoms with van der Waals surface area (Å²) in [4.78, 5) is 6.90. The smallest absolute Gasteiger partial charge is 0.417 e. The van der Waals surface area contributed by atoms with Crippen LogP contribution in [-0.4, -0.2) is 32.3 Å². The van der Waals surface area contributed by atoms with Gasteiger partial charge in [-0.05, 0) is 85.2 Å². The largest absolute Gasteiger partial charge is 0.497 e. The Morgan fingerprint density at radius 1 is 0.824 bits per heavy atom. The Labute approximate surface area is 197 Å². The molecule has 1 aliphatic carbocycles. The summed E-state index contributed by atoms with van der Waals surface area (Å²) in [5.41, 5.74) is 4.32. The van der Waals surface area contributed by atoms with E-state index in [4.69, 9.17) is 14.5 Å². The molecule has 0 N–H and O–H groups in total. The fourth-order valence-corrected chi connectivity index (χ4v) is 5.06. The number of fused-ring (bicyclic) bond motifs is 1. The van der Waals surface area contributed by atoms with Crippen molar-refractivity contribution in [2.45, 2.75) is 38.3 Å². The lowest BCUT2D eigenvalue weighted by molar-refractivity contribution is -0.137. The highest BCUT2D eigenvalue weighted by Crippen LogP contribution is 2.42. The van der Waals surface area contributed by atoms with Crippen molar-refractivity contribution in [3.05, 3.63) is 59.3 Å². The molecule has 7 heteroatoms. The summed E-state index contributed by atoms with van der Waals surface area (Å²) in [5.74, 6) is 1.26. The number of aromatic nitrogens is 1. The first kappa shape index (κ1) is 22.6. The first-order chi connectivity index (χ1) is 16.4. The SMILES string of the molecule is COc1cc(OC)cc(-c2cc(-c3cc(N4CCCC4)ccc3C(F)(F)F)nc3c2CCC3)c1. The van der Waals surface area contributed by atoms with Crippen LogP contribution in [0.5, 0.6) is 11.5 Å². The number of anilines is 1. The second kappa shape index (κ2) is 8.85. The van der Waals surface area contributed by atoms with Crippen molar-refractivity contribution >= 4 is 5.69 Å². The van der Waals surface area contributed by atoms with Crippen molar-refractivity contribution in [2.24, 2.45) is 0 Å². The van der Waals surface area contributed by atoms with Crippen LogP contribution in [0.3, 0.4) is 0 Å². The highest BCUT2D eigenvalue weighted by Gasteiger charge is 2.35. The molecule has 5 rings (SSSR count). The van der Waals surface area contributed by atoms with Crippen LogP contribution in [0.2, 0.25) is 0 Å². The second-order valence-electron chi connectivity index (χ2n) is 8.86. The monoisotopic (exact) mass is 468 g/mol. The van der Waals surface area contributed by atoms with Crippen LogP contribution in [0.25, 0.3) is 22.4 Å². The van der Waals surface area contributed by atoms with Crippen molar-refractivity contribution in [3.8, 4) is 33.9 Å². The summed E-state index contributed by atoms with van der Waals surface area (Å²) in [6.45, 7) is 1.72. The van der Waals surface area contributed by atoms with E-state index in [-0.39, 0.29) is 5.56 Å². The molecule has 1 aliphatic heterocycles. The number of hydrogen-bond acceptors (Lipinski definition) is 4. The van der Waals surface area contributed by atoms with Crippen molar-refractivity contribution in [1.82, 2.24) is 4.98 Å². The molecule has 2 aliphatic rings. The summed E-state index contributed by atoms with van der Waals surface area (Å²) in [6.07, 6.45) is 0.158. The van der Waals surface area contributed by atoms with Crippen LogP contribution in [-0.2, 0) is 19.0 Å². The zero-order valence-corrected chi connectivity index (χ0v) is 19.3. The normalized spacial score (nSPS) is 15.5. The van der Waals surface area contributed by atoms with E-state index >= 15 is 0 Å². The number of rotatable bonds is 5. The molecule has 2 aromatic carbocycles. The van der Waals surface area contributed by atoms with Gasteiger partial charge in [-0.25, -0.2) is 0 Å². The van der Waals surface area contributed by atoms with Crippen LogP contribution in [0, 0.1) is 0 Å². The third kappa shape index (κ3) is 4.19. The lowest BCUT2D eigenvalue weighted by atomic mass is 9.94. The van der Waals surface area contributed by atoms with E-state index in [0.29, 0.717) is 17.2 Å². The predicted molar refractivity (Wildman–Crippen MR) is 127 cm³/mol. The Balaban J connectivity index is 1.71. The van der Waals surface area contributed by atoms with Gasteiger partial charge in [0.15, 0.2) is 0 Å². The number of benzene rings is 2. The Morgan fingerprint density at radius 2 is 1.53 bits per heavy atom. The summed E-state index contributed by atoms with van der Waals surface area (Å²) < 4.78 is 53.1. The zero-order chi connectivity index (χ0) is 23.9. The Bertz CT molecular complexity index is 1190. The molecule has 4 nitrogen and oxygen atoms in total. The standard InChI is InChI=1S/C27H27F3N2O2/c1-33-19-12-17(13-20(15-19)34-2)22-16-26(31-25-7-5-6-21(22)25)23-14-18(32-10-3-4-11-32)8-9-24(23)27(28,29)30/h8-9,12-16H,3-7,10-11H2,1-2H3. The molecule has 178 valence electrons. The van der Waals surface area contributed by atoms with Crippen LogP contribution in [0.15, 0.2) is 42.5 Å². The first-order valence-corrected chi connectivity index (χ1v) is 11.6. The minimum Gasteiger partial charge on any atom is -0.497 e. The maximum Gasteiger partial charge on any atom is 0.417 e. The molecule has 0 unspecified atom stereocenters. The minimum atomic E-state index is -4.47. The van der Waals surface area contributed by atoms with Crippen LogP contribution in [0.1, 0.15) is 36.1 Å². The maximum absolute atomic E-state index is 14.1. The van der Waals surface area contributed by atoms with Gasteiger partial charge in [-0.1, -0.05) is 0 Å². The number of ether oxygens (including phenoxy) is 2. The first-order valence-electron chi connectivity index (χ1n) is 11.6. The third-order valence-electron chi connectivity index (χ3n) is 6.77. The van der Waals surface area contributed by atoms with E-state index in [1.54, 1.807) is 38.5 Å². The van der Waals surface area contributed by atoms with E-state index in [0.717, 1.165) is 73.3 Å². The highest BCUT2D eigenvalue weighted by molar-refractivity contribution is 5.79. The van der Waals surface area contributed by atoms with Crippen LogP contribution in [0.4, 0.5) is 18.9 Å². The number of hydrogen-bond donors (Lipinski definition) is 0. The van der Waals surface area contributed by atoms with Gasteiger partial charge in [-0.2, -0.15) is 13.2 Å².